The molecule has 0 bridgehead atoms. The summed E-state index contributed by atoms with van der Waals surface area (Å²) in [5.41, 5.74) is 7.96. The van der Waals surface area contributed by atoms with Crippen LogP contribution in [0.4, 0.5) is 0 Å². The molecule has 0 saturated carbocycles. The van der Waals surface area contributed by atoms with Crippen molar-refractivity contribution in [1.29, 1.82) is 0 Å². The molecular formula is C11H15ClN2. The third-order valence-corrected chi connectivity index (χ3v) is 2.36. The van der Waals surface area contributed by atoms with E-state index in [-0.39, 0.29) is 0 Å². The van der Waals surface area contributed by atoms with Crippen LogP contribution in [0.1, 0.15) is 24.5 Å². The van der Waals surface area contributed by atoms with Crippen LogP contribution in [0.25, 0.3) is 0 Å². The largest absolute Gasteiger partial charge is 0.387 e. The molecule has 0 amide bonds. The Balaban J connectivity index is 2.81. The molecule has 0 aliphatic heterocycles. The standard InChI is InChI=1S/C11H15ClN2/c1-3-11(13)14-7-9-6-10(12)5-4-8(9)2/h4-6H,3,7H2,1-2H3,(H2,13,14). The quantitative estimate of drug-likeness (QED) is 0.605. The maximum atomic E-state index is 5.89. The second-order valence-corrected chi connectivity index (χ2v) is 3.67. The van der Waals surface area contributed by atoms with Crippen molar-refractivity contribution in [3.8, 4) is 0 Å². The molecule has 2 nitrogen and oxygen atoms in total. The molecule has 0 spiro atoms. The summed E-state index contributed by atoms with van der Waals surface area (Å²) in [7, 11) is 0. The summed E-state index contributed by atoms with van der Waals surface area (Å²) in [5, 5.41) is 0.746. The molecule has 0 saturated heterocycles. The van der Waals surface area contributed by atoms with E-state index in [1.165, 1.54) is 5.56 Å². The van der Waals surface area contributed by atoms with E-state index in [1.807, 2.05) is 32.0 Å². The molecule has 2 N–H and O–H groups in total. The molecule has 0 heterocycles. The SMILES string of the molecule is CCC(N)=NCc1cc(Cl)ccc1C. The molecule has 1 aromatic rings. The van der Waals surface area contributed by atoms with Crippen LogP contribution in [0.3, 0.4) is 0 Å². The van der Waals surface area contributed by atoms with E-state index in [0.717, 1.165) is 17.0 Å². The Morgan fingerprint density at radius 2 is 2.21 bits per heavy atom. The van der Waals surface area contributed by atoms with Crippen LogP contribution in [-0.4, -0.2) is 5.84 Å². The van der Waals surface area contributed by atoms with Crippen molar-refractivity contribution in [2.24, 2.45) is 10.7 Å². The van der Waals surface area contributed by atoms with E-state index in [9.17, 15) is 0 Å². The van der Waals surface area contributed by atoms with Crippen LogP contribution < -0.4 is 5.73 Å². The molecule has 14 heavy (non-hydrogen) atoms. The Bertz CT molecular complexity index is 345. The number of nitrogens with zero attached hydrogens (tertiary/aromatic N) is 1. The number of rotatable bonds is 3. The molecule has 0 aliphatic carbocycles. The van der Waals surface area contributed by atoms with Gasteiger partial charge in [-0.1, -0.05) is 24.6 Å². The van der Waals surface area contributed by atoms with Crippen LogP contribution in [0.5, 0.6) is 0 Å². The summed E-state index contributed by atoms with van der Waals surface area (Å²) in [5.74, 6) is 0.685. The van der Waals surface area contributed by atoms with Gasteiger partial charge in [0.1, 0.15) is 0 Å². The van der Waals surface area contributed by atoms with Crippen LogP contribution in [0.2, 0.25) is 5.02 Å². The summed E-state index contributed by atoms with van der Waals surface area (Å²) >= 11 is 5.89. The van der Waals surface area contributed by atoms with E-state index in [4.69, 9.17) is 17.3 Å². The summed E-state index contributed by atoms with van der Waals surface area (Å²) in [4.78, 5) is 4.25. The van der Waals surface area contributed by atoms with Crippen molar-refractivity contribution in [2.75, 3.05) is 0 Å². The van der Waals surface area contributed by atoms with Gasteiger partial charge in [-0.05, 0) is 30.2 Å². The summed E-state index contributed by atoms with van der Waals surface area (Å²) < 4.78 is 0. The lowest BCUT2D eigenvalue weighted by molar-refractivity contribution is 1.02. The first-order valence-electron chi connectivity index (χ1n) is 4.67. The van der Waals surface area contributed by atoms with Crippen LogP contribution in [0.15, 0.2) is 23.2 Å². The predicted molar refractivity (Wildman–Crippen MR) is 61.8 cm³/mol. The number of aliphatic imine (C=N–C) groups is 1. The smallest absolute Gasteiger partial charge is 0.0938 e. The van der Waals surface area contributed by atoms with Crippen molar-refractivity contribution < 1.29 is 0 Å². The minimum atomic E-state index is 0.617. The van der Waals surface area contributed by atoms with Crippen molar-refractivity contribution in [3.63, 3.8) is 0 Å². The first-order valence-corrected chi connectivity index (χ1v) is 5.05. The van der Waals surface area contributed by atoms with Gasteiger partial charge in [0.25, 0.3) is 0 Å². The van der Waals surface area contributed by atoms with Gasteiger partial charge >= 0.3 is 0 Å². The van der Waals surface area contributed by atoms with Crippen LogP contribution in [0, 0.1) is 6.92 Å². The van der Waals surface area contributed by atoms with E-state index < -0.39 is 0 Å². The third-order valence-electron chi connectivity index (χ3n) is 2.13. The number of hydrogen-bond donors (Lipinski definition) is 1. The highest BCUT2D eigenvalue weighted by Crippen LogP contribution is 2.16. The zero-order chi connectivity index (χ0) is 10.6. The lowest BCUT2D eigenvalue weighted by Gasteiger charge is -2.03. The molecule has 76 valence electrons. The van der Waals surface area contributed by atoms with E-state index in [1.54, 1.807) is 0 Å². The van der Waals surface area contributed by atoms with Gasteiger partial charge in [0.2, 0.25) is 0 Å². The fraction of sp³-hybridized carbons (Fsp3) is 0.364. The number of hydrogen-bond acceptors (Lipinski definition) is 1. The second kappa shape index (κ2) is 5.01. The summed E-state index contributed by atoms with van der Waals surface area (Å²) in [6.07, 6.45) is 0.791. The molecule has 0 atom stereocenters. The van der Waals surface area contributed by atoms with Gasteiger partial charge in [0.05, 0.1) is 12.4 Å². The van der Waals surface area contributed by atoms with Crippen LogP contribution >= 0.6 is 11.6 Å². The lowest BCUT2D eigenvalue weighted by Crippen LogP contribution is -2.09. The van der Waals surface area contributed by atoms with E-state index >= 15 is 0 Å². The Morgan fingerprint density at radius 3 is 2.86 bits per heavy atom. The first kappa shape index (κ1) is 11.1. The zero-order valence-electron chi connectivity index (χ0n) is 8.55. The average molecular weight is 211 g/mol. The van der Waals surface area contributed by atoms with Crippen molar-refractivity contribution in [1.82, 2.24) is 0 Å². The molecule has 0 unspecified atom stereocenters. The van der Waals surface area contributed by atoms with Crippen LogP contribution in [-0.2, 0) is 6.54 Å². The fourth-order valence-electron chi connectivity index (χ4n) is 1.11. The van der Waals surface area contributed by atoms with Crippen molar-refractivity contribution >= 4 is 17.4 Å². The summed E-state index contributed by atoms with van der Waals surface area (Å²) in [6.45, 7) is 4.65. The van der Waals surface area contributed by atoms with E-state index in [0.29, 0.717) is 12.4 Å². The molecular weight excluding hydrogens is 196 g/mol. The highest BCUT2D eigenvalue weighted by atomic mass is 35.5. The normalized spacial score (nSPS) is 11.8. The predicted octanol–water partition coefficient (Wildman–Crippen LogP) is 2.92. The lowest BCUT2D eigenvalue weighted by atomic mass is 10.1. The molecule has 0 fully saturated rings. The topological polar surface area (TPSA) is 38.4 Å². The summed E-state index contributed by atoms with van der Waals surface area (Å²) in [6, 6.07) is 5.81. The number of benzene rings is 1. The molecule has 3 heteroatoms. The van der Waals surface area contributed by atoms with Gasteiger partial charge < -0.3 is 5.73 Å². The zero-order valence-corrected chi connectivity index (χ0v) is 9.30. The number of amidine groups is 1. The van der Waals surface area contributed by atoms with Gasteiger partial charge in [0, 0.05) is 11.4 Å². The fourth-order valence-corrected chi connectivity index (χ4v) is 1.30. The number of aryl methyl sites for hydroxylation is 1. The first-order chi connectivity index (χ1) is 6.63. The Morgan fingerprint density at radius 1 is 1.50 bits per heavy atom. The maximum Gasteiger partial charge on any atom is 0.0938 e. The minimum absolute atomic E-state index is 0.617. The molecule has 0 aliphatic rings. The van der Waals surface area contributed by atoms with Crippen molar-refractivity contribution in [3.05, 3.63) is 34.3 Å². The number of nitrogens with two attached hydrogens (primary N) is 1. The highest BCUT2D eigenvalue weighted by molar-refractivity contribution is 6.30. The van der Waals surface area contributed by atoms with E-state index in [2.05, 4.69) is 4.99 Å². The second-order valence-electron chi connectivity index (χ2n) is 3.23. The van der Waals surface area contributed by atoms with Gasteiger partial charge in [-0.3, -0.25) is 4.99 Å². The Labute approximate surface area is 89.8 Å². The van der Waals surface area contributed by atoms with Gasteiger partial charge in [-0.15, -0.1) is 0 Å². The minimum Gasteiger partial charge on any atom is -0.387 e. The van der Waals surface area contributed by atoms with Gasteiger partial charge in [-0.2, -0.15) is 0 Å². The van der Waals surface area contributed by atoms with Crippen molar-refractivity contribution in [2.45, 2.75) is 26.8 Å². The molecule has 1 aromatic carbocycles. The highest BCUT2D eigenvalue weighted by Gasteiger charge is 1.98. The van der Waals surface area contributed by atoms with Gasteiger partial charge in [-0.25, -0.2) is 0 Å². The third kappa shape index (κ3) is 3.04. The van der Waals surface area contributed by atoms with Gasteiger partial charge in [0.15, 0.2) is 0 Å². The Kier molecular flexibility index (Phi) is 3.96. The molecule has 0 radical (unpaired) electrons. The average Bonchev–Trinajstić information content (AvgIpc) is 2.19. The molecule has 0 aromatic heterocycles. The monoisotopic (exact) mass is 210 g/mol. The maximum absolute atomic E-state index is 5.89. The number of halogens is 1. The molecule has 1 rings (SSSR count). The Hall–Kier alpha value is -1.02.